The van der Waals surface area contributed by atoms with Crippen LogP contribution in [-0.2, 0) is 0 Å². The molecule has 16 heavy (non-hydrogen) atoms. The number of nitrogens with zero attached hydrogens (tertiary/aromatic N) is 1. The van der Waals surface area contributed by atoms with Crippen molar-refractivity contribution in [1.82, 2.24) is 0 Å². The topological polar surface area (TPSA) is 12.4 Å². The molecule has 0 saturated carbocycles. The van der Waals surface area contributed by atoms with Crippen molar-refractivity contribution in [1.29, 1.82) is 0 Å². The van der Waals surface area contributed by atoms with Gasteiger partial charge in [-0.3, -0.25) is 4.99 Å². The summed E-state index contributed by atoms with van der Waals surface area (Å²) in [4.78, 5) is 4.48. The van der Waals surface area contributed by atoms with Gasteiger partial charge in [-0.25, -0.2) is 0 Å². The van der Waals surface area contributed by atoms with Gasteiger partial charge in [0.15, 0.2) is 0 Å². The zero-order chi connectivity index (χ0) is 12.1. The van der Waals surface area contributed by atoms with Crippen molar-refractivity contribution in [2.75, 3.05) is 6.54 Å². The van der Waals surface area contributed by atoms with Crippen LogP contribution in [0.25, 0.3) is 0 Å². The summed E-state index contributed by atoms with van der Waals surface area (Å²) < 4.78 is 0. The second kappa shape index (κ2) is 5.83. The molecule has 1 aromatic rings. The Morgan fingerprint density at radius 3 is 2.44 bits per heavy atom. The fourth-order valence-electron chi connectivity index (χ4n) is 1.52. The third-order valence-electron chi connectivity index (χ3n) is 2.67. The number of hydrogen-bond donors (Lipinski definition) is 0. The van der Waals surface area contributed by atoms with E-state index in [1.165, 1.54) is 16.7 Å². The molecular weight excluding hydrogens is 194 g/mol. The molecule has 0 amide bonds. The number of aryl methyl sites for hydroxylation is 1. The minimum atomic E-state index is 0.581. The Balaban J connectivity index is 2.86. The molecule has 0 aliphatic rings. The quantitative estimate of drug-likeness (QED) is 0.670. The highest BCUT2D eigenvalue weighted by Gasteiger charge is 2.01. The van der Waals surface area contributed by atoms with Gasteiger partial charge < -0.3 is 0 Å². The molecule has 1 rings (SSSR count). The molecule has 0 radical (unpaired) electrons. The molecule has 0 saturated heterocycles. The molecule has 0 aliphatic heterocycles. The highest BCUT2D eigenvalue weighted by Crippen LogP contribution is 2.17. The lowest BCUT2D eigenvalue weighted by Gasteiger charge is -2.08. The van der Waals surface area contributed by atoms with E-state index in [1.54, 1.807) is 0 Å². The maximum atomic E-state index is 4.48. The zero-order valence-electron chi connectivity index (χ0n) is 11.1. The maximum absolute atomic E-state index is 4.48. The van der Waals surface area contributed by atoms with Crippen LogP contribution in [0.3, 0.4) is 0 Å². The largest absolute Gasteiger partial charge is 0.292 e. The fourth-order valence-corrected chi connectivity index (χ4v) is 1.52. The van der Waals surface area contributed by atoms with Crippen LogP contribution in [0.15, 0.2) is 23.2 Å². The van der Waals surface area contributed by atoms with E-state index in [2.05, 4.69) is 57.8 Å². The predicted octanol–water partition coefficient (Wildman–Crippen LogP) is 4.19. The molecule has 0 aromatic heterocycles. The van der Waals surface area contributed by atoms with Crippen molar-refractivity contribution >= 4 is 6.21 Å². The zero-order valence-corrected chi connectivity index (χ0v) is 11.1. The highest BCUT2D eigenvalue weighted by molar-refractivity contribution is 5.82. The van der Waals surface area contributed by atoms with Gasteiger partial charge >= 0.3 is 0 Å². The SMILES string of the molecule is Cc1ccc(C(C)C)cc1C=NCC(C)C. The Bertz CT molecular complexity index is 362. The lowest BCUT2D eigenvalue weighted by atomic mass is 9.98. The molecular formula is C15H23N. The lowest BCUT2D eigenvalue weighted by molar-refractivity contribution is 0.667. The first-order valence-corrected chi connectivity index (χ1v) is 6.11. The van der Waals surface area contributed by atoms with Gasteiger partial charge in [0.2, 0.25) is 0 Å². The van der Waals surface area contributed by atoms with E-state index in [4.69, 9.17) is 0 Å². The van der Waals surface area contributed by atoms with E-state index in [0.29, 0.717) is 11.8 Å². The van der Waals surface area contributed by atoms with Gasteiger partial charge in [-0.05, 0) is 41.5 Å². The lowest BCUT2D eigenvalue weighted by Crippen LogP contribution is -1.96. The summed E-state index contributed by atoms with van der Waals surface area (Å²) in [6.07, 6.45) is 2.02. The molecule has 88 valence electrons. The molecule has 0 atom stereocenters. The van der Waals surface area contributed by atoms with Crippen LogP contribution in [0.5, 0.6) is 0 Å². The van der Waals surface area contributed by atoms with Gasteiger partial charge in [-0.15, -0.1) is 0 Å². The van der Waals surface area contributed by atoms with Crippen molar-refractivity contribution in [2.24, 2.45) is 10.9 Å². The first-order chi connectivity index (χ1) is 7.50. The minimum absolute atomic E-state index is 0.581. The van der Waals surface area contributed by atoms with Crippen molar-refractivity contribution in [2.45, 2.75) is 40.5 Å². The monoisotopic (exact) mass is 217 g/mol. The molecule has 0 fully saturated rings. The van der Waals surface area contributed by atoms with Gasteiger partial charge in [0.1, 0.15) is 0 Å². The van der Waals surface area contributed by atoms with E-state index in [9.17, 15) is 0 Å². The first-order valence-electron chi connectivity index (χ1n) is 6.11. The molecule has 1 nitrogen and oxygen atoms in total. The second-order valence-electron chi connectivity index (χ2n) is 5.16. The Morgan fingerprint density at radius 2 is 1.88 bits per heavy atom. The van der Waals surface area contributed by atoms with Crippen LogP contribution in [0, 0.1) is 12.8 Å². The average molecular weight is 217 g/mol. The van der Waals surface area contributed by atoms with Crippen LogP contribution in [0.1, 0.15) is 50.3 Å². The second-order valence-corrected chi connectivity index (χ2v) is 5.16. The molecule has 1 aromatic carbocycles. The molecule has 0 aliphatic carbocycles. The van der Waals surface area contributed by atoms with Crippen molar-refractivity contribution < 1.29 is 0 Å². The van der Waals surface area contributed by atoms with Gasteiger partial charge in [0, 0.05) is 12.8 Å². The maximum Gasteiger partial charge on any atom is 0.0412 e. The summed E-state index contributed by atoms with van der Waals surface area (Å²) in [5.74, 6) is 1.21. The van der Waals surface area contributed by atoms with E-state index in [0.717, 1.165) is 6.54 Å². The van der Waals surface area contributed by atoms with E-state index >= 15 is 0 Å². The molecule has 0 spiro atoms. The number of benzene rings is 1. The van der Waals surface area contributed by atoms with Crippen LogP contribution < -0.4 is 0 Å². The van der Waals surface area contributed by atoms with Crippen LogP contribution in [0.2, 0.25) is 0 Å². The molecule has 0 unspecified atom stereocenters. The minimum Gasteiger partial charge on any atom is -0.292 e. The summed E-state index contributed by atoms with van der Waals surface area (Å²) in [5.41, 5.74) is 3.94. The Kier molecular flexibility index (Phi) is 4.72. The predicted molar refractivity (Wildman–Crippen MR) is 72.6 cm³/mol. The number of aliphatic imine (C=N–C) groups is 1. The third-order valence-corrected chi connectivity index (χ3v) is 2.67. The smallest absolute Gasteiger partial charge is 0.0412 e. The summed E-state index contributed by atoms with van der Waals surface area (Å²) in [5, 5.41) is 0. The molecule has 1 heteroatoms. The highest BCUT2D eigenvalue weighted by atomic mass is 14.7. The Hall–Kier alpha value is -1.11. The van der Waals surface area contributed by atoms with Gasteiger partial charge in [-0.2, -0.15) is 0 Å². The normalized spacial score (nSPS) is 11.9. The third kappa shape index (κ3) is 3.80. The van der Waals surface area contributed by atoms with E-state index < -0.39 is 0 Å². The van der Waals surface area contributed by atoms with Crippen molar-refractivity contribution in [3.8, 4) is 0 Å². The number of hydrogen-bond acceptors (Lipinski definition) is 1. The number of rotatable bonds is 4. The van der Waals surface area contributed by atoms with Crippen LogP contribution in [0.4, 0.5) is 0 Å². The molecule has 0 N–H and O–H groups in total. The average Bonchev–Trinajstić information content (AvgIpc) is 2.20. The van der Waals surface area contributed by atoms with Gasteiger partial charge in [-0.1, -0.05) is 39.8 Å². The van der Waals surface area contributed by atoms with Crippen LogP contribution in [-0.4, -0.2) is 12.8 Å². The van der Waals surface area contributed by atoms with E-state index in [-0.39, 0.29) is 0 Å². The summed E-state index contributed by atoms with van der Waals surface area (Å²) in [6, 6.07) is 6.65. The standard InChI is InChI=1S/C15H23N/c1-11(2)9-16-10-15-8-14(12(3)4)7-6-13(15)5/h6-8,10-12H,9H2,1-5H3. The van der Waals surface area contributed by atoms with Gasteiger partial charge in [0.05, 0.1) is 0 Å². The summed E-state index contributed by atoms with van der Waals surface area (Å²) in [7, 11) is 0. The fraction of sp³-hybridized carbons (Fsp3) is 0.533. The first kappa shape index (κ1) is 13.0. The van der Waals surface area contributed by atoms with Crippen LogP contribution >= 0.6 is 0 Å². The summed E-state index contributed by atoms with van der Waals surface area (Å²) >= 11 is 0. The Labute approximate surface area is 99.6 Å². The summed E-state index contributed by atoms with van der Waals surface area (Å²) in [6.45, 7) is 11.9. The molecule has 0 bridgehead atoms. The van der Waals surface area contributed by atoms with Crippen molar-refractivity contribution in [3.05, 3.63) is 34.9 Å². The van der Waals surface area contributed by atoms with Gasteiger partial charge in [0.25, 0.3) is 0 Å². The van der Waals surface area contributed by atoms with Crippen molar-refractivity contribution in [3.63, 3.8) is 0 Å². The molecule has 0 heterocycles. The van der Waals surface area contributed by atoms with E-state index in [1.807, 2.05) is 6.21 Å². The Morgan fingerprint density at radius 1 is 1.19 bits per heavy atom.